The fraction of sp³-hybridized carbons (Fsp3) is 0.333. The van der Waals surface area contributed by atoms with Gasteiger partial charge in [0.2, 0.25) is 15.9 Å². The predicted octanol–water partition coefficient (Wildman–Crippen LogP) is 0.438. The molecule has 7 nitrogen and oxygen atoms in total. The number of carbonyl (C=O) groups is 2. The van der Waals surface area contributed by atoms with Crippen LogP contribution in [0.1, 0.15) is 6.42 Å². The summed E-state index contributed by atoms with van der Waals surface area (Å²) in [4.78, 5) is 22.5. The van der Waals surface area contributed by atoms with Gasteiger partial charge in [0.05, 0.1) is 12.0 Å². The lowest BCUT2D eigenvalue weighted by molar-refractivity contribution is -0.142. The van der Waals surface area contributed by atoms with E-state index in [0.717, 1.165) is 4.31 Å². The lowest BCUT2D eigenvalue weighted by Gasteiger charge is -2.11. The Bertz CT molecular complexity index is 593. The number of hydrogen-bond acceptors (Lipinski definition) is 5. The van der Waals surface area contributed by atoms with E-state index in [1.165, 1.54) is 45.5 Å². The van der Waals surface area contributed by atoms with E-state index in [1.54, 1.807) is 0 Å². The second-order valence-electron chi connectivity index (χ2n) is 4.11. The van der Waals surface area contributed by atoms with Crippen LogP contribution < -0.4 is 5.32 Å². The van der Waals surface area contributed by atoms with E-state index < -0.39 is 28.3 Å². The Morgan fingerprint density at radius 1 is 1.20 bits per heavy atom. The normalized spacial score (nSPS) is 11.2. The Labute approximate surface area is 117 Å². The minimum atomic E-state index is -3.50. The molecule has 0 fully saturated rings. The molecule has 0 aliphatic carbocycles. The highest BCUT2D eigenvalue weighted by molar-refractivity contribution is 7.89. The molecule has 110 valence electrons. The summed E-state index contributed by atoms with van der Waals surface area (Å²) in [5.74, 6) is -1.17. The van der Waals surface area contributed by atoms with E-state index in [4.69, 9.17) is 0 Å². The number of esters is 1. The molecule has 0 saturated heterocycles. The van der Waals surface area contributed by atoms with Gasteiger partial charge in [-0.1, -0.05) is 0 Å². The van der Waals surface area contributed by atoms with Crippen molar-refractivity contribution in [2.24, 2.45) is 0 Å². The van der Waals surface area contributed by atoms with Gasteiger partial charge in [0, 0.05) is 19.8 Å². The molecule has 0 aromatic heterocycles. The number of ether oxygens (including phenoxy) is 1. The standard InChI is InChI=1S/C12H16N2O5S/c1-14(2)20(17,18)10-6-4-9(5-7-10)13-11(15)8-12(16)19-3/h4-7H,8H2,1-3H3,(H,13,15). The molecular weight excluding hydrogens is 284 g/mol. The van der Waals surface area contributed by atoms with Crippen molar-refractivity contribution in [2.75, 3.05) is 26.5 Å². The molecule has 0 spiro atoms. The minimum absolute atomic E-state index is 0.119. The fourth-order valence-corrected chi connectivity index (χ4v) is 2.23. The van der Waals surface area contributed by atoms with Crippen molar-refractivity contribution in [2.45, 2.75) is 11.3 Å². The van der Waals surface area contributed by atoms with Gasteiger partial charge in [0.1, 0.15) is 6.42 Å². The van der Waals surface area contributed by atoms with Crippen LogP contribution in [0.25, 0.3) is 0 Å². The van der Waals surface area contributed by atoms with Crippen LogP contribution in [0.3, 0.4) is 0 Å². The molecule has 0 saturated carbocycles. The summed E-state index contributed by atoms with van der Waals surface area (Å²) in [6, 6.07) is 5.66. The van der Waals surface area contributed by atoms with Crippen LogP contribution in [0.4, 0.5) is 5.69 Å². The highest BCUT2D eigenvalue weighted by atomic mass is 32.2. The average Bonchev–Trinajstić information content (AvgIpc) is 2.38. The van der Waals surface area contributed by atoms with Gasteiger partial charge in [-0.05, 0) is 24.3 Å². The zero-order valence-electron chi connectivity index (χ0n) is 11.4. The fourth-order valence-electron chi connectivity index (χ4n) is 1.33. The first-order valence-corrected chi connectivity index (χ1v) is 7.10. The second-order valence-corrected chi connectivity index (χ2v) is 6.26. The van der Waals surface area contributed by atoms with Crippen molar-refractivity contribution in [1.82, 2.24) is 4.31 Å². The Hall–Kier alpha value is -1.93. The molecule has 0 bridgehead atoms. The molecule has 1 aromatic carbocycles. The number of sulfonamides is 1. The zero-order valence-corrected chi connectivity index (χ0v) is 12.2. The molecule has 1 rings (SSSR count). The summed E-state index contributed by atoms with van der Waals surface area (Å²) in [6.45, 7) is 0. The van der Waals surface area contributed by atoms with Gasteiger partial charge in [-0.3, -0.25) is 9.59 Å². The Balaban J connectivity index is 2.78. The van der Waals surface area contributed by atoms with Crippen molar-refractivity contribution in [3.63, 3.8) is 0 Å². The summed E-state index contributed by atoms with van der Waals surface area (Å²) in [5, 5.41) is 2.47. The molecule has 0 atom stereocenters. The largest absolute Gasteiger partial charge is 0.469 e. The van der Waals surface area contributed by atoms with Crippen LogP contribution in [0.15, 0.2) is 29.2 Å². The van der Waals surface area contributed by atoms with Crippen molar-refractivity contribution in [1.29, 1.82) is 0 Å². The summed E-state index contributed by atoms with van der Waals surface area (Å²) < 4.78 is 29.1. The van der Waals surface area contributed by atoms with Gasteiger partial charge in [-0.15, -0.1) is 0 Å². The van der Waals surface area contributed by atoms with Crippen LogP contribution in [-0.4, -0.2) is 45.8 Å². The smallest absolute Gasteiger partial charge is 0.315 e. The lowest BCUT2D eigenvalue weighted by atomic mass is 10.3. The van der Waals surface area contributed by atoms with E-state index in [-0.39, 0.29) is 4.90 Å². The molecule has 0 unspecified atom stereocenters. The number of nitrogens with one attached hydrogen (secondary N) is 1. The topological polar surface area (TPSA) is 92.8 Å². The van der Waals surface area contributed by atoms with E-state index in [1.807, 2.05) is 0 Å². The second kappa shape index (κ2) is 6.49. The number of methoxy groups -OCH3 is 1. The number of hydrogen-bond donors (Lipinski definition) is 1. The number of nitrogens with zero attached hydrogens (tertiary/aromatic N) is 1. The van der Waals surface area contributed by atoms with Crippen LogP contribution in [-0.2, 0) is 24.3 Å². The lowest BCUT2D eigenvalue weighted by Crippen LogP contribution is -2.22. The van der Waals surface area contributed by atoms with Crippen molar-refractivity contribution < 1.29 is 22.7 Å². The Morgan fingerprint density at radius 2 is 1.75 bits per heavy atom. The molecule has 1 N–H and O–H groups in total. The monoisotopic (exact) mass is 300 g/mol. The van der Waals surface area contributed by atoms with Crippen LogP contribution in [0.2, 0.25) is 0 Å². The first kappa shape index (κ1) is 16.1. The summed E-state index contributed by atoms with van der Waals surface area (Å²) >= 11 is 0. The number of amides is 1. The van der Waals surface area contributed by atoms with E-state index in [0.29, 0.717) is 5.69 Å². The number of rotatable bonds is 5. The molecule has 1 amide bonds. The Kier molecular flexibility index (Phi) is 5.23. The van der Waals surface area contributed by atoms with E-state index in [2.05, 4.69) is 10.1 Å². The maximum atomic E-state index is 11.8. The molecule has 1 aromatic rings. The molecule has 0 heterocycles. The van der Waals surface area contributed by atoms with Crippen LogP contribution >= 0.6 is 0 Å². The number of carbonyl (C=O) groups excluding carboxylic acids is 2. The molecule has 0 aliphatic heterocycles. The first-order chi connectivity index (χ1) is 9.27. The Morgan fingerprint density at radius 3 is 2.20 bits per heavy atom. The highest BCUT2D eigenvalue weighted by Gasteiger charge is 2.17. The third-order valence-electron chi connectivity index (χ3n) is 2.45. The molecule has 20 heavy (non-hydrogen) atoms. The van der Waals surface area contributed by atoms with Gasteiger partial charge >= 0.3 is 5.97 Å². The SMILES string of the molecule is COC(=O)CC(=O)Nc1ccc(S(=O)(=O)N(C)C)cc1. The maximum Gasteiger partial charge on any atom is 0.315 e. The van der Waals surface area contributed by atoms with Gasteiger partial charge < -0.3 is 10.1 Å². The summed E-state index contributed by atoms with van der Waals surface area (Å²) in [5.41, 5.74) is 0.400. The van der Waals surface area contributed by atoms with Crippen molar-refractivity contribution >= 4 is 27.6 Å². The first-order valence-electron chi connectivity index (χ1n) is 5.66. The number of anilines is 1. The number of benzene rings is 1. The van der Waals surface area contributed by atoms with Crippen LogP contribution in [0, 0.1) is 0 Å². The van der Waals surface area contributed by atoms with Gasteiger partial charge in [-0.2, -0.15) is 0 Å². The third-order valence-corrected chi connectivity index (χ3v) is 4.28. The van der Waals surface area contributed by atoms with Crippen molar-refractivity contribution in [3.05, 3.63) is 24.3 Å². The summed E-state index contributed by atoms with van der Waals surface area (Å²) in [6.07, 6.45) is -0.395. The van der Waals surface area contributed by atoms with Gasteiger partial charge in [-0.25, -0.2) is 12.7 Å². The molecule has 8 heteroatoms. The van der Waals surface area contributed by atoms with Crippen molar-refractivity contribution in [3.8, 4) is 0 Å². The maximum absolute atomic E-state index is 11.8. The average molecular weight is 300 g/mol. The minimum Gasteiger partial charge on any atom is -0.469 e. The predicted molar refractivity (Wildman–Crippen MR) is 72.6 cm³/mol. The molecule has 0 radical (unpaired) electrons. The van der Waals surface area contributed by atoms with Gasteiger partial charge in [0.25, 0.3) is 0 Å². The summed E-state index contributed by atoms with van der Waals surface area (Å²) in [7, 11) is 0.556. The van der Waals surface area contributed by atoms with Gasteiger partial charge in [0.15, 0.2) is 0 Å². The highest BCUT2D eigenvalue weighted by Crippen LogP contribution is 2.16. The quantitative estimate of drug-likeness (QED) is 0.629. The zero-order chi connectivity index (χ0) is 15.3. The van der Waals surface area contributed by atoms with Crippen LogP contribution in [0.5, 0.6) is 0 Å². The van der Waals surface area contributed by atoms with E-state index >= 15 is 0 Å². The third kappa shape index (κ3) is 4.04. The van der Waals surface area contributed by atoms with E-state index in [9.17, 15) is 18.0 Å². The molecular formula is C12H16N2O5S. The molecule has 0 aliphatic rings.